The van der Waals surface area contributed by atoms with Gasteiger partial charge in [0.05, 0.1) is 10.5 Å². The van der Waals surface area contributed by atoms with Crippen LogP contribution < -0.4 is 5.43 Å². The molecule has 0 aliphatic heterocycles. The Morgan fingerprint density at radius 2 is 1.91 bits per heavy atom. The number of carboxylic acid groups (broad SMARTS) is 1. The second-order valence-corrected chi connectivity index (χ2v) is 5.05. The first-order valence-electron chi connectivity index (χ1n) is 6.33. The maximum absolute atomic E-state index is 14.1. The van der Waals surface area contributed by atoms with E-state index in [1.165, 1.54) is 0 Å². The third-order valence-electron chi connectivity index (χ3n) is 3.36. The standard InChI is InChI=1S/C16H9ClFNO3/c17-13-11(18)6-9-14(12(13)8-4-2-1-3-5-8)19-7-10(15(9)20)16(21)22/h1-7H,(H,19,20)(H,21,22). The van der Waals surface area contributed by atoms with Crippen LogP contribution in [0.15, 0.2) is 47.4 Å². The summed E-state index contributed by atoms with van der Waals surface area (Å²) >= 11 is 6.05. The zero-order chi connectivity index (χ0) is 15.9. The monoisotopic (exact) mass is 317 g/mol. The van der Waals surface area contributed by atoms with E-state index < -0.39 is 22.8 Å². The molecule has 3 aromatic rings. The van der Waals surface area contributed by atoms with E-state index in [4.69, 9.17) is 16.7 Å². The summed E-state index contributed by atoms with van der Waals surface area (Å²) in [7, 11) is 0. The second-order valence-electron chi connectivity index (χ2n) is 4.67. The summed E-state index contributed by atoms with van der Waals surface area (Å²) < 4.78 is 14.1. The Labute approximate surface area is 128 Å². The number of aromatic amines is 1. The summed E-state index contributed by atoms with van der Waals surface area (Å²) in [4.78, 5) is 26.0. The van der Waals surface area contributed by atoms with Crippen molar-refractivity contribution in [1.82, 2.24) is 4.98 Å². The largest absolute Gasteiger partial charge is 0.477 e. The van der Waals surface area contributed by atoms with Crippen LogP contribution in [0.1, 0.15) is 10.4 Å². The summed E-state index contributed by atoms with van der Waals surface area (Å²) in [5.74, 6) is -2.15. The van der Waals surface area contributed by atoms with E-state index in [2.05, 4.69) is 4.98 Å². The van der Waals surface area contributed by atoms with Gasteiger partial charge in [0.1, 0.15) is 11.4 Å². The van der Waals surface area contributed by atoms with Crippen LogP contribution in [0.2, 0.25) is 5.02 Å². The first-order valence-corrected chi connectivity index (χ1v) is 6.70. The van der Waals surface area contributed by atoms with E-state index in [1.54, 1.807) is 30.3 Å². The molecule has 0 bridgehead atoms. The summed E-state index contributed by atoms with van der Waals surface area (Å²) in [6.45, 7) is 0. The fraction of sp³-hybridized carbons (Fsp3) is 0. The minimum absolute atomic E-state index is 0.0550. The normalized spacial score (nSPS) is 10.8. The molecule has 0 radical (unpaired) electrons. The molecule has 2 N–H and O–H groups in total. The van der Waals surface area contributed by atoms with Gasteiger partial charge >= 0.3 is 5.97 Å². The molecule has 1 aromatic heterocycles. The van der Waals surface area contributed by atoms with Crippen molar-refractivity contribution in [3.63, 3.8) is 0 Å². The van der Waals surface area contributed by atoms with Crippen LogP contribution in [0.25, 0.3) is 22.0 Å². The van der Waals surface area contributed by atoms with Crippen LogP contribution in [-0.2, 0) is 0 Å². The molecule has 1 heterocycles. The maximum atomic E-state index is 14.1. The number of benzene rings is 2. The summed E-state index contributed by atoms with van der Waals surface area (Å²) in [5, 5.41) is 8.81. The molecule has 0 fully saturated rings. The molecule has 4 nitrogen and oxygen atoms in total. The minimum Gasteiger partial charge on any atom is -0.477 e. The lowest BCUT2D eigenvalue weighted by Crippen LogP contribution is -2.16. The van der Waals surface area contributed by atoms with Gasteiger partial charge in [-0.15, -0.1) is 0 Å². The maximum Gasteiger partial charge on any atom is 0.341 e. The highest BCUT2D eigenvalue weighted by Crippen LogP contribution is 2.35. The number of pyridine rings is 1. The lowest BCUT2D eigenvalue weighted by Gasteiger charge is -2.10. The summed E-state index contributed by atoms with van der Waals surface area (Å²) in [6, 6.07) is 9.71. The van der Waals surface area contributed by atoms with E-state index in [-0.39, 0.29) is 10.4 Å². The number of carboxylic acids is 1. The van der Waals surface area contributed by atoms with Gasteiger partial charge < -0.3 is 10.1 Å². The zero-order valence-electron chi connectivity index (χ0n) is 11.1. The predicted octanol–water partition coefficient (Wildman–Crippen LogP) is 3.69. The van der Waals surface area contributed by atoms with Crippen molar-refractivity contribution in [1.29, 1.82) is 0 Å². The van der Waals surface area contributed by atoms with E-state index in [0.717, 1.165) is 12.3 Å². The first kappa shape index (κ1) is 14.3. The van der Waals surface area contributed by atoms with Gasteiger partial charge in [0, 0.05) is 17.1 Å². The molecule has 0 aliphatic carbocycles. The van der Waals surface area contributed by atoms with E-state index in [1.807, 2.05) is 0 Å². The van der Waals surface area contributed by atoms with E-state index >= 15 is 0 Å². The number of hydrogen-bond acceptors (Lipinski definition) is 2. The van der Waals surface area contributed by atoms with Crippen LogP contribution >= 0.6 is 11.6 Å². The number of aromatic carboxylic acids is 1. The van der Waals surface area contributed by atoms with E-state index in [9.17, 15) is 14.0 Å². The van der Waals surface area contributed by atoms with Crippen molar-refractivity contribution in [2.45, 2.75) is 0 Å². The van der Waals surface area contributed by atoms with Crippen molar-refractivity contribution in [3.8, 4) is 11.1 Å². The third kappa shape index (κ3) is 2.16. The predicted molar refractivity (Wildman–Crippen MR) is 81.9 cm³/mol. The molecule has 0 atom stereocenters. The Hall–Kier alpha value is -2.66. The number of carbonyl (C=O) groups is 1. The minimum atomic E-state index is -1.38. The van der Waals surface area contributed by atoms with E-state index in [0.29, 0.717) is 16.6 Å². The highest BCUT2D eigenvalue weighted by Gasteiger charge is 2.19. The number of aromatic nitrogens is 1. The summed E-state index contributed by atoms with van der Waals surface area (Å²) in [5.41, 5.74) is 0.0388. The van der Waals surface area contributed by atoms with Crippen molar-refractivity contribution < 1.29 is 14.3 Å². The molecule has 110 valence electrons. The fourth-order valence-electron chi connectivity index (χ4n) is 2.34. The fourth-order valence-corrected chi connectivity index (χ4v) is 2.60. The molecule has 0 aliphatic rings. The molecule has 0 saturated heterocycles. The van der Waals surface area contributed by atoms with Crippen LogP contribution in [-0.4, -0.2) is 16.1 Å². The number of halogens is 2. The number of H-pyrrole nitrogens is 1. The number of hydrogen-bond donors (Lipinski definition) is 2. The first-order chi connectivity index (χ1) is 10.5. The van der Waals surface area contributed by atoms with Crippen LogP contribution in [0.3, 0.4) is 0 Å². The van der Waals surface area contributed by atoms with Crippen molar-refractivity contribution in [3.05, 3.63) is 69.2 Å². The molecule has 2 aromatic carbocycles. The van der Waals surface area contributed by atoms with Gasteiger partial charge in [0.25, 0.3) is 0 Å². The Bertz CT molecular complexity index is 951. The Kier molecular flexibility index (Phi) is 3.42. The molecular formula is C16H9ClFNO3. The molecule has 6 heteroatoms. The molecule has 0 amide bonds. The number of fused-ring (bicyclic) bond motifs is 1. The van der Waals surface area contributed by atoms with Crippen molar-refractivity contribution in [2.75, 3.05) is 0 Å². The van der Waals surface area contributed by atoms with Crippen molar-refractivity contribution in [2.24, 2.45) is 0 Å². The number of nitrogens with one attached hydrogen (secondary N) is 1. The van der Waals surface area contributed by atoms with Crippen LogP contribution in [0.5, 0.6) is 0 Å². The lowest BCUT2D eigenvalue weighted by molar-refractivity contribution is 0.0695. The second kappa shape index (κ2) is 5.27. The molecule has 3 rings (SSSR count). The van der Waals surface area contributed by atoms with Gasteiger partial charge in [-0.1, -0.05) is 41.9 Å². The van der Waals surface area contributed by atoms with Gasteiger partial charge in [-0.25, -0.2) is 9.18 Å². The van der Waals surface area contributed by atoms with Gasteiger partial charge in [-0.2, -0.15) is 0 Å². The Morgan fingerprint density at radius 1 is 1.23 bits per heavy atom. The van der Waals surface area contributed by atoms with Crippen molar-refractivity contribution >= 4 is 28.5 Å². The van der Waals surface area contributed by atoms with Gasteiger partial charge in [-0.05, 0) is 11.6 Å². The Morgan fingerprint density at radius 3 is 2.55 bits per heavy atom. The average Bonchev–Trinajstić information content (AvgIpc) is 2.50. The number of rotatable bonds is 2. The Balaban J connectivity index is 2.47. The average molecular weight is 318 g/mol. The quantitative estimate of drug-likeness (QED) is 0.757. The highest BCUT2D eigenvalue weighted by molar-refractivity contribution is 6.35. The smallest absolute Gasteiger partial charge is 0.341 e. The highest BCUT2D eigenvalue weighted by atomic mass is 35.5. The SMILES string of the molecule is O=C(O)c1c[nH]c2c(-c3ccccc3)c(Cl)c(F)cc2c1=O. The topological polar surface area (TPSA) is 70.2 Å². The molecule has 0 spiro atoms. The molecule has 0 unspecified atom stereocenters. The third-order valence-corrected chi connectivity index (χ3v) is 3.73. The van der Waals surface area contributed by atoms with Gasteiger partial charge in [-0.3, -0.25) is 4.79 Å². The van der Waals surface area contributed by atoms with Crippen LogP contribution in [0.4, 0.5) is 4.39 Å². The summed E-state index contributed by atoms with van der Waals surface area (Å²) in [6.07, 6.45) is 1.09. The van der Waals surface area contributed by atoms with Gasteiger partial charge in [0.2, 0.25) is 5.43 Å². The van der Waals surface area contributed by atoms with Gasteiger partial charge in [0.15, 0.2) is 0 Å². The molecule has 0 saturated carbocycles. The van der Waals surface area contributed by atoms with Crippen LogP contribution in [0, 0.1) is 5.82 Å². The molecule has 22 heavy (non-hydrogen) atoms. The zero-order valence-corrected chi connectivity index (χ0v) is 11.8. The molecular weight excluding hydrogens is 309 g/mol. The lowest BCUT2D eigenvalue weighted by atomic mass is 10.0.